The maximum Gasteiger partial charge on any atom is 0.220 e. The molecule has 0 fully saturated rings. The SMILES string of the molecule is [2H]c1c(C)[n+](C)c(-c2cc(C(C)(C)C)cc(C)c2C)c2ccc3ccccc3c12.[2H]c1c(C)[n+](C)c(-c2cc(C)cc(C)c2C)c2ccc3ccccc3c12.[2H]c1c(C)[n+](C)c(-c2cc(C)ccc2C)c2ccc3ccccc3c12.[2H]c1c(C)[n+](C)c(-c2ccccc2C)c2ccc3ccccc3c12.[2H]c1c([2H])[n+](C)c(-c2cc(C)cc(C)c2C)c2ccc3ccccc3c12. The molecular formula is C119H118N5+5. The zero-order valence-electron chi connectivity index (χ0n) is 82.6. The van der Waals surface area contributed by atoms with Crippen molar-refractivity contribution in [1.82, 2.24) is 0 Å². The molecule has 0 atom stereocenters. The Labute approximate surface area is 742 Å². The summed E-state index contributed by atoms with van der Waals surface area (Å²) in [5.74, 6) is 0. The molecule has 0 saturated carbocycles. The molecule has 124 heavy (non-hydrogen) atoms. The van der Waals surface area contributed by atoms with Crippen molar-refractivity contribution in [1.29, 1.82) is 0 Å². The first-order chi connectivity index (χ1) is 62.0. The molecule has 0 radical (unpaired) electrons. The lowest BCUT2D eigenvalue weighted by Gasteiger charge is -2.22. The minimum absolute atomic E-state index is 0.0820. The minimum atomic E-state index is 0.0820. The molecule has 0 aliphatic heterocycles. The normalized spacial score (nSPS) is 12.2. The first kappa shape index (κ1) is 76.8. The fraction of sp³-hybridized carbons (Fsp3) is 0.202. The number of fused-ring (bicyclic) bond motifs is 15. The standard InChI is InChI=1S/C27H30N.C24H24N.2C23H22N.C22H20N/c1-17-14-21(27(4,5)6)16-24(19(17)3)26-23-13-12-20-10-8-9-11-22(20)25(23)15-18(2)28(26)7;1-15-12-16(2)18(4)22(13-15)24-21-11-10-19-8-6-7-9-20(19)23(21)14-17(3)25(24)5;1-15-13-16(2)17(3)22(14-15)23-21-10-9-18-7-5-6-8-19(18)20(21)11-12-24(23)4;1-15-9-10-16(2)21(13-15)23-20-12-11-18-7-5-6-8-19(18)22(20)14-17(3)24(23)4;1-15-8-4-6-10-18(15)22-20-13-12-17-9-5-7-11-19(17)21(20)14-16(2)23(22)3/h8-16H,1-7H3;6-14H,1-5H3;2*5-14H,1-4H3;4-14H,1-3H3/q5*+1/i15D;14D;11D,12D;2*14D. The van der Waals surface area contributed by atoms with Gasteiger partial charge in [0.25, 0.3) is 0 Å². The molecule has 20 aromatic rings. The maximum atomic E-state index is 8.89. The van der Waals surface area contributed by atoms with Crippen molar-refractivity contribution in [3.8, 4) is 56.3 Å². The van der Waals surface area contributed by atoms with Crippen LogP contribution >= 0.6 is 0 Å². The second-order valence-electron chi connectivity index (χ2n) is 35.5. The fourth-order valence-corrected chi connectivity index (χ4v) is 18.4. The van der Waals surface area contributed by atoms with Crippen LogP contribution in [-0.4, -0.2) is 0 Å². The van der Waals surface area contributed by atoms with Gasteiger partial charge in [-0.3, -0.25) is 0 Å². The number of aryl methyl sites for hydroxylation is 8. The minimum Gasteiger partial charge on any atom is -0.200 e. The van der Waals surface area contributed by atoms with Crippen LogP contribution in [0.4, 0.5) is 0 Å². The van der Waals surface area contributed by atoms with E-state index in [4.69, 9.17) is 8.22 Å². The number of pyridine rings is 5. The van der Waals surface area contributed by atoms with Crippen molar-refractivity contribution in [2.24, 2.45) is 35.2 Å². The van der Waals surface area contributed by atoms with Gasteiger partial charge in [-0.25, -0.2) is 4.57 Å². The van der Waals surface area contributed by atoms with Crippen LogP contribution in [0.25, 0.3) is 164 Å². The summed E-state index contributed by atoms with van der Waals surface area (Å²) in [7, 11) is 10.2. The summed E-state index contributed by atoms with van der Waals surface area (Å²) in [4.78, 5) is 0. The Balaban J connectivity index is 0.000000119. The molecule has 0 bridgehead atoms. The van der Waals surface area contributed by atoms with Crippen LogP contribution in [0.2, 0.25) is 0 Å². The van der Waals surface area contributed by atoms with Gasteiger partial charge in [-0.15, -0.1) is 0 Å². The number of hydrogen-bond acceptors (Lipinski definition) is 0. The summed E-state index contributed by atoms with van der Waals surface area (Å²) in [6.07, 6.45) is 0.238. The molecule has 20 rings (SSSR count). The van der Waals surface area contributed by atoms with E-state index >= 15 is 0 Å². The van der Waals surface area contributed by atoms with Crippen molar-refractivity contribution in [3.05, 3.63) is 387 Å². The third kappa shape index (κ3) is 15.9. The first-order valence-corrected chi connectivity index (χ1v) is 43.4. The lowest BCUT2D eigenvalue weighted by molar-refractivity contribution is -0.665. The van der Waals surface area contributed by atoms with Gasteiger partial charge in [-0.2, -0.15) is 18.3 Å². The van der Waals surface area contributed by atoms with Gasteiger partial charge >= 0.3 is 0 Å². The second kappa shape index (κ2) is 34.2. The molecule has 0 saturated heterocycles. The topological polar surface area (TPSA) is 19.4 Å². The van der Waals surface area contributed by atoms with Gasteiger partial charge < -0.3 is 0 Å². The monoisotopic (exact) mass is 1620 g/mol. The van der Waals surface area contributed by atoms with E-state index in [1.807, 2.05) is 50.6 Å². The van der Waals surface area contributed by atoms with Gasteiger partial charge in [0.05, 0.1) is 50.5 Å². The van der Waals surface area contributed by atoms with E-state index in [0.29, 0.717) is 24.2 Å². The predicted molar refractivity (Wildman–Crippen MR) is 530 cm³/mol. The summed E-state index contributed by atoms with van der Waals surface area (Å²) in [6, 6.07) is 94.6. The highest BCUT2D eigenvalue weighted by Crippen LogP contribution is 2.42. The highest BCUT2D eigenvalue weighted by atomic mass is 15.0. The summed E-state index contributed by atoms with van der Waals surface area (Å²) < 4.78 is 62.8. The van der Waals surface area contributed by atoms with Crippen molar-refractivity contribution < 1.29 is 31.1 Å². The Kier molecular flexibility index (Phi) is 21.1. The summed E-state index contributed by atoms with van der Waals surface area (Å²) in [5.41, 5.74) is 31.2. The molecule has 0 spiro atoms. The summed E-state index contributed by atoms with van der Waals surface area (Å²) >= 11 is 0. The van der Waals surface area contributed by atoms with Gasteiger partial charge in [0.15, 0.2) is 28.9 Å². The Bertz CT molecular complexity index is 7900. The van der Waals surface area contributed by atoms with E-state index in [9.17, 15) is 0 Å². The van der Waals surface area contributed by atoms with Gasteiger partial charge in [0.1, 0.15) is 36.6 Å². The highest BCUT2D eigenvalue weighted by Gasteiger charge is 2.29. The van der Waals surface area contributed by atoms with E-state index in [1.165, 1.54) is 133 Å². The lowest BCUT2D eigenvalue weighted by atomic mass is 9.82. The molecule has 0 aliphatic rings. The van der Waals surface area contributed by atoms with E-state index in [-0.39, 0.29) is 17.6 Å². The number of hydrogen-bond donors (Lipinski definition) is 0. The van der Waals surface area contributed by atoms with Crippen molar-refractivity contribution in [2.75, 3.05) is 0 Å². The Morgan fingerprint density at radius 2 is 0.516 bits per heavy atom. The quantitative estimate of drug-likeness (QED) is 0.121. The zero-order chi connectivity index (χ0) is 92.8. The smallest absolute Gasteiger partial charge is 0.200 e. The zero-order valence-corrected chi connectivity index (χ0v) is 76.6. The third-order valence-corrected chi connectivity index (χ3v) is 26.2. The first-order valence-electron chi connectivity index (χ1n) is 46.4. The molecule has 0 unspecified atom stereocenters. The largest absolute Gasteiger partial charge is 0.220 e. The van der Waals surface area contributed by atoms with E-state index in [2.05, 4.69) is 393 Å². The van der Waals surface area contributed by atoms with Gasteiger partial charge in [0.2, 0.25) is 28.5 Å². The Morgan fingerprint density at radius 3 is 0.887 bits per heavy atom. The predicted octanol–water partition coefficient (Wildman–Crippen LogP) is 28.3. The summed E-state index contributed by atoms with van der Waals surface area (Å²) in [5, 5.41) is 22.1. The van der Waals surface area contributed by atoms with Crippen molar-refractivity contribution in [2.45, 2.75) is 130 Å². The van der Waals surface area contributed by atoms with Crippen LogP contribution in [0.1, 0.15) is 119 Å². The lowest BCUT2D eigenvalue weighted by Crippen LogP contribution is -2.35. The fourth-order valence-electron chi connectivity index (χ4n) is 18.4. The number of benzene rings is 15. The van der Waals surface area contributed by atoms with Crippen LogP contribution in [0.15, 0.2) is 297 Å². The van der Waals surface area contributed by atoms with Gasteiger partial charge in [-0.05, 0) is 246 Å². The molecule has 5 heterocycles. The van der Waals surface area contributed by atoms with Crippen LogP contribution in [-0.2, 0) is 40.7 Å². The molecular weight excluding hydrogens is 1500 g/mol. The van der Waals surface area contributed by atoms with E-state index < -0.39 is 0 Å². The molecule has 15 aromatic carbocycles. The highest BCUT2D eigenvalue weighted by molar-refractivity contribution is 6.15. The average Bonchev–Trinajstić information content (AvgIpc) is 0.749. The molecule has 5 aromatic heterocycles. The number of aromatic nitrogens is 5. The van der Waals surface area contributed by atoms with Crippen LogP contribution in [0.3, 0.4) is 0 Å². The van der Waals surface area contributed by atoms with E-state index in [0.717, 1.165) is 120 Å². The molecule has 614 valence electrons. The Morgan fingerprint density at radius 1 is 0.226 bits per heavy atom. The summed E-state index contributed by atoms with van der Waals surface area (Å²) in [6.45, 7) is 38.7. The molecule has 0 amide bonds. The molecule has 5 nitrogen and oxygen atoms in total. The third-order valence-electron chi connectivity index (χ3n) is 26.2. The van der Waals surface area contributed by atoms with Crippen LogP contribution < -0.4 is 22.8 Å². The van der Waals surface area contributed by atoms with E-state index in [1.54, 1.807) is 0 Å². The van der Waals surface area contributed by atoms with Crippen molar-refractivity contribution in [3.63, 3.8) is 0 Å². The number of nitrogens with zero attached hydrogens (tertiary/aromatic N) is 5. The van der Waals surface area contributed by atoms with Crippen LogP contribution in [0, 0.1) is 104 Å². The van der Waals surface area contributed by atoms with Crippen molar-refractivity contribution >= 4 is 108 Å². The molecule has 0 N–H and O–H groups in total. The second-order valence-corrected chi connectivity index (χ2v) is 35.5. The average molecular weight is 1620 g/mol. The van der Waals surface area contributed by atoms with Crippen LogP contribution in [0.5, 0.6) is 0 Å². The molecule has 5 heteroatoms. The molecule has 0 aliphatic carbocycles. The number of rotatable bonds is 5. The van der Waals surface area contributed by atoms with Gasteiger partial charge in [0, 0.05) is 96.0 Å². The van der Waals surface area contributed by atoms with Gasteiger partial charge in [-0.1, -0.05) is 238 Å². The Hall–Kier alpha value is -13.4. The maximum absolute atomic E-state index is 8.89.